The number of carbonyl (C=O) groups is 5. The maximum absolute atomic E-state index is 13.3. The van der Waals surface area contributed by atoms with Crippen LogP contribution < -0.4 is 15.0 Å². The maximum Gasteiger partial charge on any atom is 0.262 e. The first-order valence-corrected chi connectivity index (χ1v) is 19.6. The summed E-state index contributed by atoms with van der Waals surface area (Å²) in [5.41, 5.74) is 7.65. The number of ether oxygens (including phenoxy) is 2. The van der Waals surface area contributed by atoms with Crippen LogP contribution in [0.2, 0.25) is 0 Å². The highest BCUT2D eigenvalue weighted by molar-refractivity contribution is 6.23. The van der Waals surface area contributed by atoms with E-state index in [-0.39, 0.29) is 29.8 Å². The lowest BCUT2D eigenvalue weighted by Crippen LogP contribution is -2.54. The van der Waals surface area contributed by atoms with Crippen LogP contribution in [-0.4, -0.2) is 113 Å². The predicted octanol–water partition coefficient (Wildman–Crippen LogP) is 4.35. The number of piperidine rings is 1. The molecule has 1 atom stereocenters. The van der Waals surface area contributed by atoms with Gasteiger partial charge in [0.25, 0.3) is 11.8 Å². The Labute approximate surface area is 334 Å². The van der Waals surface area contributed by atoms with E-state index in [1.807, 2.05) is 71.5 Å². The van der Waals surface area contributed by atoms with E-state index in [9.17, 15) is 24.0 Å². The zero-order valence-electron chi connectivity index (χ0n) is 31.8. The molecule has 294 valence electrons. The molecule has 0 saturated carbocycles. The van der Waals surface area contributed by atoms with E-state index in [1.165, 1.54) is 0 Å². The molecule has 1 N–H and O–H groups in total. The van der Waals surface area contributed by atoms with Crippen molar-refractivity contribution in [2.45, 2.75) is 31.7 Å². The van der Waals surface area contributed by atoms with Crippen LogP contribution in [0.3, 0.4) is 0 Å². The van der Waals surface area contributed by atoms with Crippen molar-refractivity contribution in [3.63, 3.8) is 0 Å². The molecule has 0 spiro atoms. The minimum absolute atomic E-state index is 0.0853. The quantitative estimate of drug-likeness (QED) is 0.142. The molecule has 4 aliphatic rings. The van der Waals surface area contributed by atoms with Crippen molar-refractivity contribution >= 4 is 35.1 Å². The number of benzene rings is 3. The number of amides is 4. The van der Waals surface area contributed by atoms with Gasteiger partial charge in [-0.1, -0.05) is 24.3 Å². The van der Waals surface area contributed by atoms with Crippen LogP contribution in [0.5, 0.6) is 5.75 Å². The minimum Gasteiger partial charge on any atom is -0.491 e. The number of hydrogen-bond donors (Lipinski definition) is 1. The predicted molar refractivity (Wildman–Crippen MR) is 213 cm³/mol. The molecule has 0 radical (unpaired) electrons. The molecule has 1 unspecified atom stereocenters. The van der Waals surface area contributed by atoms with Crippen molar-refractivity contribution in [1.82, 2.24) is 29.9 Å². The molecule has 14 heteroatoms. The fourth-order valence-corrected chi connectivity index (χ4v) is 8.13. The number of carbonyl (C=O) groups excluding carboxylic acids is 5. The molecule has 2 fully saturated rings. The van der Waals surface area contributed by atoms with Crippen LogP contribution in [0, 0.1) is 0 Å². The van der Waals surface area contributed by atoms with Crippen molar-refractivity contribution in [2.24, 2.45) is 0 Å². The number of Topliss-reactive ketones (excluding diaryl/α,β-unsaturated/α-hetero) is 1. The van der Waals surface area contributed by atoms with E-state index in [1.54, 1.807) is 18.3 Å². The first-order valence-electron chi connectivity index (χ1n) is 19.6. The standard InChI is InChI=1S/C44H41N7O7/c52-39-14-5-28-25-29(4-11-33(28)39)36-27-50(47-41(36)37-3-1-2-16-45-37)30-6-9-32(10-7-30)58-24-23-57-22-21-48-17-19-49(20-18-48)31-8-12-34-35(26-31)44(56)51(43(34)55)38-13-15-40(53)46-42(38)54/h1-4,6-12,16,25-27,38H,5,13-15,17-24H2,(H,46,53,54). The van der Waals surface area contributed by atoms with Gasteiger partial charge >= 0.3 is 0 Å². The number of ketones is 1. The van der Waals surface area contributed by atoms with Crippen LogP contribution in [-0.2, 0) is 20.7 Å². The molecule has 3 aliphatic heterocycles. The zero-order chi connectivity index (χ0) is 39.8. The third kappa shape index (κ3) is 7.27. The highest BCUT2D eigenvalue weighted by Crippen LogP contribution is 2.35. The third-order valence-electron chi connectivity index (χ3n) is 11.3. The van der Waals surface area contributed by atoms with E-state index < -0.39 is 29.7 Å². The Bertz CT molecular complexity index is 2420. The molecule has 2 saturated heterocycles. The molecule has 4 amide bonds. The van der Waals surface area contributed by atoms with Crippen LogP contribution in [0.1, 0.15) is 55.9 Å². The summed E-state index contributed by atoms with van der Waals surface area (Å²) in [6.45, 7) is 5.31. The number of hydrogen-bond acceptors (Lipinski definition) is 11. The van der Waals surface area contributed by atoms with Gasteiger partial charge < -0.3 is 14.4 Å². The summed E-state index contributed by atoms with van der Waals surface area (Å²) in [6, 6.07) is 23.8. The smallest absolute Gasteiger partial charge is 0.262 e. The first kappa shape index (κ1) is 37.1. The van der Waals surface area contributed by atoms with Crippen molar-refractivity contribution in [2.75, 3.05) is 57.4 Å². The highest BCUT2D eigenvalue weighted by atomic mass is 16.5. The molecule has 2 aromatic heterocycles. The Hall–Kier alpha value is -6.51. The third-order valence-corrected chi connectivity index (χ3v) is 11.3. The van der Waals surface area contributed by atoms with Gasteiger partial charge in [-0.2, -0.15) is 5.10 Å². The summed E-state index contributed by atoms with van der Waals surface area (Å²) in [7, 11) is 0. The molecular formula is C44H41N7O7. The number of rotatable bonds is 12. The fraction of sp³-hybridized carbons (Fsp3) is 0.295. The summed E-state index contributed by atoms with van der Waals surface area (Å²) >= 11 is 0. The second-order valence-electron chi connectivity index (χ2n) is 14.8. The minimum atomic E-state index is -0.981. The summed E-state index contributed by atoms with van der Waals surface area (Å²) in [5, 5.41) is 7.17. The normalized spacial score (nSPS) is 18.1. The van der Waals surface area contributed by atoms with Gasteiger partial charge in [-0.3, -0.25) is 44.1 Å². The average molecular weight is 780 g/mol. The van der Waals surface area contributed by atoms with Crippen LogP contribution in [0.25, 0.3) is 28.2 Å². The van der Waals surface area contributed by atoms with Gasteiger partial charge in [-0.15, -0.1) is 0 Å². The molecule has 1 aliphatic carbocycles. The van der Waals surface area contributed by atoms with Crippen LogP contribution in [0.15, 0.2) is 91.3 Å². The van der Waals surface area contributed by atoms with E-state index in [2.05, 4.69) is 26.2 Å². The van der Waals surface area contributed by atoms with Crippen molar-refractivity contribution < 1.29 is 33.4 Å². The van der Waals surface area contributed by atoms with E-state index in [4.69, 9.17) is 14.6 Å². The van der Waals surface area contributed by atoms with Gasteiger partial charge in [0.15, 0.2) is 5.78 Å². The Morgan fingerprint density at radius 2 is 1.52 bits per heavy atom. The van der Waals surface area contributed by atoms with E-state index in [0.717, 1.165) is 94.8 Å². The number of pyridine rings is 1. The van der Waals surface area contributed by atoms with Gasteiger partial charge in [0.05, 0.1) is 35.7 Å². The van der Waals surface area contributed by atoms with E-state index >= 15 is 0 Å². The van der Waals surface area contributed by atoms with E-state index in [0.29, 0.717) is 26.2 Å². The lowest BCUT2D eigenvalue weighted by Gasteiger charge is -2.36. The number of nitrogens with one attached hydrogen (secondary N) is 1. The number of aromatic nitrogens is 3. The number of imide groups is 2. The van der Waals surface area contributed by atoms with Gasteiger partial charge in [0, 0.05) is 74.8 Å². The highest BCUT2D eigenvalue weighted by Gasteiger charge is 2.44. The van der Waals surface area contributed by atoms with Gasteiger partial charge in [0.1, 0.15) is 24.1 Å². The molecule has 5 heterocycles. The Balaban J connectivity index is 0.734. The van der Waals surface area contributed by atoms with Crippen molar-refractivity contribution in [1.29, 1.82) is 0 Å². The number of nitrogens with zero attached hydrogens (tertiary/aromatic N) is 6. The van der Waals surface area contributed by atoms with Crippen LogP contribution in [0.4, 0.5) is 5.69 Å². The second-order valence-corrected chi connectivity index (χ2v) is 14.8. The number of anilines is 1. The first-order chi connectivity index (χ1) is 28.3. The van der Waals surface area contributed by atoms with Gasteiger partial charge in [-0.25, -0.2) is 4.68 Å². The molecule has 0 bridgehead atoms. The molecule has 9 rings (SSSR count). The molecule has 3 aromatic carbocycles. The molecule has 58 heavy (non-hydrogen) atoms. The lowest BCUT2D eigenvalue weighted by molar-refractivity contribution is -0.136. The topological polar surface area (TPSA) is 156 Å². The van der Waals surface area contributed by atoms with Gasteiger partial charge in [-0.05, 0) is 78.6 Å². The van der Waals surface area contributed by atoms with Gasteiger partial charge in [0.2, 0.25) is 11.8 Å². The largest absolute Gasteiger partial charge is 0.491 e. The Morgan fingerprint density at radius 3 is 2.31 bits per heavy atom. The zero-order valence-corrected chi connectivity index (χ0v) is 31.8. The van der Waals surface area contributed by atoms with Crippen molar-refractivity contribution in [3.8, 4) is 34.0 Å². The Morgan fingerprint density at radius 1 is 0.724 bits per heavy atom. The van der Waals surface area contributed by atoms with Crippen LogP contribution >= 0.6 is 0 Å². The Kier molecular flexibility index (Phi) is 10.1. The summed E-state index contributed by atoms with van der Waals surface area (Å²) in [5.74, 6) is -1.09. The number of piperazine rings is 1. The summed E-state index contributed by atoms with van der Waals surface area (Å²) < 4.78 is 13.7. The molecule has 14 nitrogen and oxygen atoms in total. The monoisotopic (exact) mass is 779 g/mol. The average Bonchev–Trinajstić information content (AvgIpc) is 3.93. The number of fused-ring (bicyclic) bond motifs is 2. The summed E-state index contributed by atoms with van der Waals surface area (Å²) in [6.07, 6.45) is 5.29. The fourth-order valence-electron chi connectivity index (χ4n) is 8.13. The molecule has 5 aromatic rings. The second kappa shape index (κ2) is 15.8. The van der Waals surface area contributed by atoms with Crippen molar-refractivity contribution in [3.05, 3.63) is 114 Å². The lowest BCUT2D eigenvalue weighted by atomic mass is 10.00. The molecular weight excluding hydrogens is 739 g/mol. The maximum atomic E-state index is 13.3. The summed E-state index contributed by atoms with van der Waals surface area (Å²) in [4.78, 5) is 72.6. The number of aryl methyl sites for hydroxylation is 1. The SMILES string of the molecule is O=C1CCC(N2C(=O)c3ccc(N4CCN(CCOCCOc5ccc(-n6cc(-c7ccc8c(c7)CCC8=O)c(-c7ccccn7)n6)cc5)CC4)cc3C2=O)C(=O)N1.